The maximum Gasteiger partial charge on any atom is 0.272 e. The van der Waals surface area contributed by atoms with Crippen LogP contribution in [-0.4, -0.2) is 54.0 Å². The molecule has 1 amide bonds. The van der Waals surface area contributed by atoms with Gasteiger partial charge in [0.05, 0.1) is 0 Å². The van der Waals surface area contributed by atoms with Gasteiger partial charge in [0, 0.05) is 32.1 Å². The summed E-state index contributed by atoms with van der Waals surface area (Å²) in [6.07, 6.45) is 0. The van der Waals surface area contributed by atoms with Crippen LogP contribution >= 0.6 is 11.3 Å². The largest absolute Gasteiger partial charge is 0.314 e. The maximum absolute atomic E-state index is 12.6. The van der Waals surface area contributed by atoms with Crippen LogP contribution in [0.2, 0.25) is 0 Å². The summed E-state index contributed by atoms with van der Waals surface area (Å²) < 4.78 is 26.5. The molecule has 0 saturated carbocycles. The number of carbonyl (C=O) groups excluding carboxylic acids is 1. The lowest BCUT2D eigenvalue weighted by Gasteiger charge is -2.40. The lowest BCUT2D eigenvalue weighted by atomic mass is 10.0. The van der Waals surface area contributed by atoms with Crippen molar-refractivity contribution in [2.45, 2.75) is 30.6 Å². The van der Waals surface area contributed by atoms with E-state index in [0.29, 0.717) is 19.6 Å². The normalized spacial score (nSPS) is 19.8. The van der Waals surface area contributed by atoms with Gasteiger partial charge in [0.2, 0.25) is 15.4 Å². The standard InChI is InChI=1S/C10H17N5O3S2/c1-7(16)12-8-13-14-9(19-8)20(17,18)15-5-4-11-6-10(15,2)3/h11H,4-6H2,1-3H3,(H,12,13,16). The number of sulfonamides is 1. The van der Waals surface area contributed by atoms with Gasteiger partial charge in [-0.1, -0.05) is 11.3 Å². The lowest BCUT2D eigenvalue weighted by molar-refractivity contribution is -0.114. The summed E-state index contributed by atoms with van der Waals surface area (Å²) in [4.78, 5) is 10.9. The van der Waals surface area contributed by atoms with Crippen molar-refractivity contribution in [1.29, 1.82) is 0 Å². The molecule has 1 aromatic heterocycles. The van der Waals surface area contributed by atoms with Gasteiger partial charge in [-0.05, 0) is 13.8 Å². The number of nitrogens with one attached hydrogen (secondary N) is 2. The van der Waals surface area contributed by atoms with Crippen molar-refractivity contribution >= 4 is 32.4 Å². The summed E-state index contributed by atoms with van der Waals surface area (Å²) in [6.45, 7) is 6.59. The highest BCUT2D eigenvalue weighted by Crippen LogP contribution is 2.29. The Labute approximate surface area is 121 Å². The van der Waals surface area contributed by atoms with Gasteiger partial charge in [0.15, 0.2) is 0 Å². The average Bonchev–Trinajstić information content (AvgIpc) is 2.76. The first kappa shape index (κ1) is 15.3. The molecule has 10 heteroatoms. The van der Waals surface area contributed by atoms with Gasteiger partial charge in [-0.15, -0.1) is 10.2 Å². The molecule has 0 aromatic carbocycles. The third-order valence-corrected chi connectivity index (χ3v) is 6.22. The van der Waals surface area contributed by atoms with E-state index in [4.69, 9.17) is 0 Å². The van der Waals surface area contributed by atoms with Crippen molar-refractivity contribution in [3.05, 3.63) is 0 Å². The van der Waals surface area contributed by atoms with Crippen LogP contribution in [0.25, 0.3) is 0 Å². The van der Waals surface area contributed by atoms with Crippen molar-refractivity contribution in [2.75, 3.05) is 25.0 Å². The predicted molar refractivity (Wildman–Crippen MR) is 75.1 cm³/mol. The number of hydrogen-bond acceptors (Lipinski definition) is 7. The number of hydrogen-bond donors (Lipinski definition) is 2. The molecule has 8 nitrogen and oxygen atoms in total. The number of nitrogens with zero attached hydrogens (tertiary/aromatic N) is 3. The molecule has 20 heavy (non-hydrogen) atoms. The number of anilines is 1. The first-order chi connectivity index (χ1) is 9.23. The van der Waals surface area contributed by atoms with Crippen LogP contribution in [0, 0.1) is 0 Å². The van der Waals surface area contributed by atoms with E-state index in [0.717, 1.165) is 11.3 Å². The molecule has 1 saturated heterocycles. The Balaban J connectivity index is 2.30. The fraction of sp³-hybridized carbons (Fsp3) is 0.700. The van der Waals surface area contributed by atoms with Crippen LogP contribution in [0.1, 0.15) is 20.8 Å². The first-order valence-corrected chi connectivity index (χ1v) is 8.34. The summed E-state index contributed by atoms with van der Waals surface area (Å²) in [5, 5.41) is 13.1. The Bertz CT molecular complexity index is 610. The Morgan fingerprint density at radius 2 is 2.15 bits per heavy atom. The molecular weight excluding hydrogens is 302 g/mol. The van der Waals surface area contributed by atoms with Crippen LogP contribution < -0.4 is 10.6 Å². The molecule has 2 rings (SSSR count). The highest BCUT2D eigenvalue weighted by molar-refractivity contribution is 7.91. The average molecular weight is 319 g/mol. The second-order valence-corrected chi connectivity index (χ2v) is 8.13. The fourth-order valence-electron chi connectivity index (χ4n) is 2.02. The van der Waals surface area contributed by atoms with E-state index >= 15 is 0 Å². The van der Waals surface area contributed by atoms with Crippen molar-refractivity contribution in [3.63, 3.8) is 0 Å². The SMILES string of the molecule is CC(=O)Nc1nnc(S(=O)(=O)N2CCNCC2(C)C)s1. The summed E-state index contributed by atoms with van der Waals surface area (Å²) >= 11 is 0.858. The smallest absolute Gasteiger partial charge is 0.272 e. The number of carbonyl (C=O) groups is 1. The second kappa shape index (κ2) is 5.35. The fourth-order valence-corrected chi connectivity index (χ4v) is 4.85. The minimum absolute atomic E-state index is 0.101. The molecule has 1 aliphatic heterocycles. The van der Waals surface area contributed by atoms with Gasteiger partial charge >= 0.3 is 0 Å². The van der Waals surface area contributed by atoms with Gasteiger partial charge in [-0.2, -0.15) is 4.31 Å². The molecule has 0 unspecified atom stereocenters. The molecule has 112 valence electrons. The maximum atomic E-state index is 12.6. The van der Waals surface area contributed by atoms with Gasteiger partial charge < -0.3 is 10.6 Å². The highest BCUT2D eigenvalue weighted by atomic mass is 32.2. The Kier molecular flexibility index (Phi) is 4.09. The number of aromatic nitrogens is 2. The third-order valence-electron chi connectivity index (χ3n) is 2.92. The summed E-state index contributed by atoms with van der Waals surface area (Å²) in [5.41, 5.74) is -0.531. The van der Waals surface area contributed by atoms with Crippen LogP contribution in [-0.2, 0) is 14.8 Å². The first-order valence-electron chi connectivity index (χ1n) is 6.08. The van der Waals surface area contributed by atoms with Crippen molar-refractivity contribution in [1.82, 2.24) is 19.8 Å². The lowest BCUT2D eigenvalue weighted by Crippen LogP contribution is -2.59. The third kappa shape index (κ3) is 2.97. The molecule has 0 atom stereocenters. The Morgan fingerprint density at radius 3 is 2.75 bits per heavy atom. The molecule has 1 fully saturated rings. The Hall–Kier alpha value is -1.10. The van der Waals surface area contributed by atoms with Crippen molar-refractivity contribution in [2.24, 2.45) is 0 Å². The molecule has 2 heterocycles. The zero-order chi connectivity index (χ0) is 15.0. The topological polar surface area (TPSA) is 104 Å². The van der Waals surface area contributed by atoms with Crippen LogP contribution in [0.15, 0.2) is 4.34 Å². The van der Waals surface area contributed by atoms with E-state index in [1.54, 1.807) is 0 Å². The summed E-state index contributed by atoms with van der Waals surface area (Å²) in [5.74, 6) is -0.312. The van der Waals surface area contributed by atoms with E-state index < -0.39 is 15.6 Å². The monoisotopic (exact) mass is 319 g/mol. The molecule has 0 bridgehead atoms. The summed E-state index contributed by atoms with van der Waals surface area (Å²) in [7, 11) is -3.70. The molecule has 2 N–H and O–H groups in total. The zero-order valence-electron chi connectivity index (χ0n) is 11.5. The number of rotatable bonds is 3. The second-order valence-electron chi connectivity index (χ2n) is 5.12. The van der Waals surface area contributed by atoms with Crippen molar-refractivity contribution in [3.8, 4) is 0 Å². The quantitative estimate of drug-likeness (QED) is 0.752. The van der Waals surface area contributed by atoms with E-state index in [2.05, 4.69) is 20.8 Å². The van der Waals surface area contributed by atoms with Crippen LogP contribution in [0.3, 0.4) is 0 Å². The molecule has 0 aliphatic carbocycles. The number of piperazine rings is 1. The van der Waals surface area contributed by atoms with E-state index in [1.807, 2.05) is 13.8 Å². The van der Waals surface area contributed by atoms with E-state index in [1.165, 1.54) is 11.2 Å². The Morgan fingerprint density at radius 1 is 1.45 bits per heavy atom. The minimum atomic E-state index is -3.70. The van der Waals surface area contributed by atoms with E-state index in [9.17, 15) is 13.2 Å². The molecule has 0 radical (unpaired) electrons. The minimum Gasteiger partial charge on any atom is -0.314 e. The van der Waals surface area contributed by atoms with Gasteiger partial charge in [-0.25, -0.2) is 8.42 Å². The molecule has 1 aliphatic rings. The van der Waals surface area contributed by atoms with Crippen LogP contribution in [0.4, 0.5) is 5.13 Å². The van der Waals surface area contributed by atoms with Gasteiger partial charge in [0.25, 0.3) is 10.0 Å². The van der Waals surface area contributed by atoms with Crippen LogP contribution in [0.5, 0.6) is 0 Å². The number of amides is 1. The molecule has 1 aromatic rings. The summed E-state index contributed by atoms with van der Waals surface area (Å²) in [6, 6.07) is 0. The van der Waals surface area contributed by atoms with Crippen molar-refractivity contribution < 1.29 is 13.2 Å². The van der Waals surface area contributed by atoms with Gasteiger partial charge in [-0.3, -0.25) is 4.79 Å². The van der Waals surface area contributed by atoms with E-state index in [-0.39, 0.29) is 15.4 Å². The molecule has 0 spiro atoms. The van der Waals surface area contributed by atoms with Gasteiger partial charge in [0.1, 0.15) is 0 Å². The predicted octanol–water partition coefficient (Wildman–Crippen LogP) is -0.131. The highest BCUT2D eigenvalue weighted by Gasteiger charge is 2.40. The molecular formula is C10H17N5O3S2. The zero-order valence-corrected chi connectivity index (χ0v) is 13.1.